The first-order chi connectivity index (χ1) is 9.65. The van der Waals surface area contributed by atoms with E-state index in [2.05, 4.69) is 13.2 Å². The van der Waals surface area contributed by atoms with Gasteiger partial charge in [-0.25, -0.2) is 0 Å². The highest BCUT2D eigenvalue weighted by molar-refractivity contribution is 6.28. The van der Waals surface area contributed by atoms with Crippen molar-refractivity contribution in [3.63, 3.8) is 0 Å². The summed E-state index contributed by atoms with van der Waals surface area (Å²) in [5.74, 6) is -0.233. The molecule has 0 aromatic heterocycles. The van der Waals surface area contributed by atoms with Crippen LogP contribution in [0.2, 0.25) is 0 Å². The number of rotatable bonds is 2. The minimum atomic E-state index is -0.117. The van der Waals surface area contributed by atoms with Crippen molar-refractivity contribution in [3.05, 3.63) is 82.9 Å². The van der Waals surface area contributed by atoms with Gasteiger partial charge < -0.3 is 0 Å². The molecule has 96 valence electrons. The van der Waals surface area contributed by atoms with Crippen molar-refractivity contribution < 1.29 is 9.59 Å². The van der Waals surface area contributed by atoms with Gasteiger partial charge in [0.15, 0.2) is 11.6 Å². The summed E-state index contributed by atoms with van der Waals surface area (Å²) in [5.41, 5.74) is 3.47. The third-order valence-electron chi connectivity index (χ3n) is 3.54. The summed E-state index contributed by atoms with van der Waals surface area (Å²) in [6.07, 6.45) is 3.32. The second-order valence-electron chi connectivity index (χ2n) is 4.68. The highest BCUT2D eigenvalue weighted by atomic mass is 16.1. The molecule has 2 aromatic carbocycles. The molecule has 0 bridgehead atoms. The van der Waals surface area contributed by atoms with Gasteiger partial charge in [0, 0.05) is 22.3 Å². The number of benzene rings is 2. The molecule has 0 spiro atoms. The van der Waals surface area contributed by atoms with Crippen molar-refractivity contribution in [1.82, 2.24) is 0 Å². The van der Waals surface area contributed by atoms with Crippen LogP contribution in [0.4, 0.5) is 0 Å². The smallest absolute Gasteiger partial charge is 0.194 e. The molecule has 1 aliphatic carbocycles. The molecule has 0 aliphatic heterocycles. The predicted octanol–water partition coefficient (Wildman–Crippen LogP) is 3.75. The van der Waals surface area contributed by atoms with E-state index < -0.39 is 0 Å². The number of hydrogen-bond donors (Lipinski definition) is 0. The molecule has 2 aromatic rings. The van der Waals surface area contributed by atoms with Crippen molar-refractivity contribution in [2.75, 3.05) is 0 Å². The van der Waals surface area contributed by atoms with Gasteiger partial charge in [-0.05, 0) is 35.4 Å². The van der Waals surface area contributed by atoms with Crippen LogP contribution in [0.1, 0.15) is 43.0 Å². The van der Waals surface area contributed by atoms with Crippen molar-refractivity contribution in [2.45, 2.75) is 0 Å². The quantitative estimate of drug-likeness (QED) is 0.703. The van der Waals surface area contributed by atoms with Gasteiger partial charge in [-0.1, -0.05) is 37.4 Å². The first kappa shape index (κ1) is 12.3. The van der Waals surface area contributed by atoms with E-state index in [1.54, 1.807) is 48.6 Å². The number of ketones is 2. The van der Waals surface area contributed by atoms with Crippen molar-refractivity contribution in [2.24, 2.45) is 0 Å². The summed E-state index contributed by atoms with van der Waals surface area (Å²) in [5, 5.41) is 0. The van der Waals surface area contributed by atoms with Crippen LogP contribution in [0.5, 0.6) is 0 Å². The molecule has 1 aliphatic rings. The van der Waals surface area contributed by atoms with Gasteiger partial charge in [-0.3, -0.25) is 9.59 Å². The average Bonchev–Trinajstić information content (AvgIpc) is 2.51. The Morgan fingerprint density at radius 1 is 0.650 bits per heavy atom. The van der Waals surface area contributed by atoms with Crippen LogP contribution in [0.25, 0.3) is 12.2 Å². The van der Waals surface area contributed by atoms with E-state index in [-0.39, 0.29) is 11.6 Å². The largest absolute Gasteiger partial charge is 0.289 e. The number of hydrogen-bond acceptors (Lipinski definition) is 2. The van der Waals surface area contributed by atoms with E-state index in [0.29, 0.717) is 22.3 Å². The standard InChI is InChI=1S/C18H12O2/c1-3-11-5-7-13-15(9-11)17(19)14-8-6-12(4-2)10-16(14)18(13)20/h3-10H,1-2H2. The minimum absolute atomic E-state index is 0.117. The van der Waals surface area contributed by atoms with E-state index in [1.807, 2.05) is 0 Å². The predicted molar refractivity (Wildman–Crippen MR) is 79.9 cm³/mol. The normalized spacial score (nSPS) is 12.6. The minimum Gasteiger partial charge on any atom is -0.289 e. The Morgan fingerprint density at radius 3 is 1.40 bits per heavy atom. The third-order valence-corrected chi connectivity index (χ3v) is 3.54. The molecular weight excluding hydrogens is 248 g/mol. The van der Waals surface area contributed by atoms with Crippen LogP contribution < -0.4 is 0 Å². The zero-order valence-corrected chi connectivity index (χ0v) is 10.8. The summed E-state index contributed by atoms with van der Waals surface area (Å²) in [6, 6.07) is 10.4. The maximum absolute atomic E-state index is 12.5. The average molecular weight is 260 g/mol. The number of carbonyl (C=O) groups excluding carboxylic acids is 2. The van der Waals surface area contributed by atoms with E-state index in [9.17, 15) is 9.59 Å². The van der Waals surface area contributed by atoms with Crippen molar-refractivity contribution >= 4 is 23.7 Å². The highest BCUT2D eigenvalue weighted by Gasteiger charge is 2.29. The monoisotopic (exact) mass is 260 g/mol. The Labute approximate surface area is 117 Å². The first-order valence-corrected chi connectivity index (χ1v) is 6.28. The zero-order valence-electron chi connectivity index (χ0n) is 10.8. The molecular formula is C18H12O2. The van der Waals surface area contributed by atoms with Crippen LogP contribution in [0.3, 0.4) is 0 Å². The topological polar surface area (TPSA) is 34.1 Å². The maximum Gasteiger partial charge on any atom is 0.194 e. The van der Waals surface area contributed by atoms with E-state index in [1.165, 1.54) is 0 Å². The summed E-state index contributed by atoms with van der Waals surface area (Å²) in [6.45, 7) is 7.37. The molecule has 2 nitrogen and oxygen atoms in total. The third kappa shape index (κ3) is 1.66. The Morgan fingerprint density at radius 2 is 1.05 bits per heavy atom. The number of carbonyl (C=O) groups is 2. The van der Waals surface area contributed by atoms with Gasteiger partial charge in [0.25, 0.3) is 0 Å². The maximum atomic E-state index is 12.5. The molecule has 0 radical (unpaired) electrons. The summed E-state index contributed by atoms with van der Waals surface area (Å²) in [4.78, 5) is 25.0. The van der Waals surface area contributed by atoms with Gasteiger partial charge in [-0.15, -0.1) is 0 Å². The Kier molecular flexibility index (Phi) is 2.72. The first-order valence-electron chi connectivity index (χ1n) is 6.28. The molecule has 0 fully saturated rings. The van der Waals surface area contributed by atoms with E-state index in [0.717, 1.165) is 11.1 Å². The lowest BCUT2D eigenvalue weighted by Gasteiger charge is -2.18. The lowest BCUT2D eigenvalue weighted by Crippen LogP contribution is -2.21. The van der Waals surface area contributed by atoms with Gasteiger partial charge in [0.2, 0.25) is 0 Å². The molecule has 2 heteroatoms. The number of fused-ring (bicyclic) bond motifs is 2. The summed E-state index contributed by atoms with van der Waals surface area (Å²) < 4.78 is 0. The van der Waals surface area contributed by atoms with Crippen molar-refractivity contribution in [1.29, 1.82) is 0 Å². The lowest BCUT2D eigenvalue weighted by molar-refractivity contribution is 0.0979. The van der Waals surface area contributed by atoms with Gasteiger partial charge in [0.1, 0.15) is 0 Å². The van der Waals surface area contributed by atoms with E-state index >= 15 is 0 Å². The Hall–Kier alpha value is -2.74. The van der Waals surface area contributed by atoms with Crippen LogP contribution in [0, 0.1) is 0 Å². The van der Waals surface area contributed by atoms with Gasteiger partial charge in [-0.2, -0.15) is 0 Å². The Balaban J connectivity index is 2.26. The fourth-order valence-corrected chi connectivity index (χ4v) is 2.44. The van der Waals surface area contributed by atoms with Crippen LogP contribution in [-0.2, 0) is 0 Å². The molecule has 20 heavy (non-hydrogen) atoms. The summed E-state index contributed by atoms with van der Waals surface area (Å²) >= 11 is 0. The molecule has 0 atom stereocenters. The van der Waals surface area contributed by atoms with Crippen LogP contribution in [-0.4, -0.2) is 11.6 Å². The molecule has 0 unspecified atom stereocenters. The summed E-state index contributed by atoms with van der Waals surface area (Å²) in [7, 11) is 0. The van der Waals surface area contributed by atoms with E-state index in [4.69, 9.17) is 0 Å². The molecule has 0 saturated heterocycles. The molecule has 0 N–H and O–H groups in total. The zero-order chi connectivity index (χ0) is 14.3. The van der Waals surface area contributed by atoms with Crippen molar-refractivity contribution in [3.8, 4) is 0 Å². The second-order valence-corrected chi connectivity index (χ2v) is 4.68. The highest BCUT2D eigenvalue weighted by Crippen LogP contribution is 2.29. The molecule has 0 heterocycles. The second kappa shape index (κ2) is 4.42. The SMILES string of the molecule is C=Cc1ccc2c(c1)C(=O)c1ccc(C=C)cc1C2=O. The fourth-order valence-electron chi connectivity index (χ4n) is 2.44. The van der Waals surface area contributed by atoms with Crippen LogP contribution >= 0.6 is 0 Å². The molecule has 0 saturated carbocycles. The molecule has 0 amide bonds. The van der Waals surface area contributed by atoms with Gasteiger partial charge in [0.05, 0.1) is 0 Å². The lowest BCUT2D eigenvalue weighted by atomic mass is 9.82. The Bertz CT molecular complexity index is 715. The molecule has 3 rings (SSSR count). The van der Waals surface area contributed by atoms with Crippen LogP contribution in [0.15, 0.2) is 49.6 Å². The fraction of sp³-hybridized carbons (Fsp3) is 0. The van der Waals surface area contributed by atoms with Gasteiger partial charge >= 0.3 is 0 Å².